The predicted octanol–water partition coefficient (Wildman–Crippen LogP) is 3.58. The average Bonchev–Trinajstić information content (AvgIpc) is 2.59. The third-order valence-corrected chi connectivity index (χ3v) is 3.34. The fraction of sp³-hybridized carbons (Fsp3) is 0.167. The largest absolute Gasteiger partial charge is 0.495 e. The van der Waals surface area contributed by atoms with Gasteiger partial charge >= 0.3 is 5.97 Å². The Morgan fingerprint density at radius 1 is 1.05 bits per heavy atom. The first-order chi connectivity index (χ1) is 10.7. The number of para-hydroxylation sites is 2. The van der Waals surface area contributed by atoms with Gasteiger partial charge in [0.25, 0.3) is 0 Å². The number of hydrogen-bond acceptors (Lipinski definition) is 4. The lowest BCUT2D eigenvalue weighted by Gasteiger charge is -2.22. The highest BCUT2D eigenvalue weighted by Gasteiger charge is 2.22. The molecule has 0 aliphatic carbocycles. The Labute approximate surface area is 130 Å². The van der Waals surface area contributed by atoms with Crippen LogP contribution < -0.4 is 10.1 Å². The number of anilines is 1. The SMILES string of the molecule is C=C(C(=O)OC)[C@H](Nc1ccccc1OC)c1ccccc1. The molecule has 2 aromatic carbocycles. The number of esters is 1. The third kappa shape index (κ3) is 3.47. The first kappa shape index (κ1) is 15.6. The summed E-state index contributed by atoms with van der Waals surface area (Å²) in [5.41, 5.74) is 2.03. The maximum absolute atomic E-state index is 11.9. The highest BCUT2D eigenvalue weighted by atomic mass is 16.5. The van der Waals surface area contributed by atoms with Crippen molar-refractivity contribution in [3.63, 3.8) is 0 Å². The van der Waals surface area contributed by atoms with Crippen LogP contribution in [0.25, 0.3) is 0 Å². The fourth-order valence-corrected chi connectivity index (χ4v) is 2.19. The normalized spacial score (nSPS) is 11.4. The molecule has 4 nitrogen and oxygen atoms in total. The number of rotatable bonds is 6. The number of nitrogens with one attached hydrogen (secondary N) is 1. The number of methoxy groups -OCH3 is 2. The number of carbonyl (C=O) groups excluding carboxylic acids is 1. The van der Waals surface area contributed by atoms with E-state index in [1.54, 1.807) is 7.11 Å². The number of carbonyl (C=O) groups is 1. The third-order valence-electron chi connectivity index (χ3n) is 3.34. The van der Waals surface area contributed by atoms with Crippen molar-refractivity contribution in [1.82, 2.24) is 0 Å². The lowest BCUT2D eigenvalue weighted by molar-refractivity contribution is -0.136. The molecule has 0 fully saturated rings. The smallest absolute Gasteiger partial charge is 0.335 e. The molecule has 2 rings (SSSR count). The zero-order chi connectivity index (χ0) is 15.9. The van der Waals surface area contributed by atoms with E-state index in [9.17, 15) is 4.79 Å². The average molecular weight is 297 g/mol. The highest BCUT2D eigenvalue weighted by Crippen LogP contribution is 2.31. The van der Waals surface area contributed by atoms with Crippen LogP contribution >= 0.6 is 0 Å². The monoisotopic (exact) mass is 297 g/mol. The van der Waals surface area contributed by atoms with Crippen molar-refractivity contribution >= 4 is 11.7 Å². The molecule has 0 spiro atoms. The van der Waals surface area contributed by atoms with Crippen LogP contribution in [0.1, 0.15) is 11.6 Å². The molecular weight excluding hydrogens is 278 g/mol. The highest BCUT2D eigenvalue weighted by molar-refractivity contribution is 5.90. The molecule has 0 radical (unpaired) electrons. The van der Waals surface area contributed by atoms with E-state index < -0.39 is 12.0 Å². The summed E-state index contributed by atoms with van der Waals surface area (Å²) in [4.78, 5) is 11.9. The molecule has 0 heterocycles. The van der Waals surface area contributed by atoms with E-state index in [0.29, 0.717) is 11.3 Å². The molecule has 0 amide bonds. The van der Waals surface area contributed by atoms with Gasteiger partial charge in [0.2, 0.25) is 0 Å². The maximum atomic E-state index is 11.9. The van der Waals surface area contributed by atoms with Crippen LogP contribution in [0.15, 0.2) is 66.7 Å². The van der Waals surface area contributed by atoms with Crippen LogP contribution in [0.2, 0.25) is 0 Å². The van der Waals surface area contributed by atoms with Gasteiger partial charge in [-0.2, -0.15) is 0 Å². The van der Waals surface area contributed by atoms with Crippen LogP contribution in [-0.4, -0.2) is 20.2 Å². The summed E-state index contributed by atoms with van der Waals surface area (Å²) in [6.07, 6.45) is 0. The molecule has 0 saturated heterocycles. The first-order valence-electron chi connectivity index (χ1n) is 6.89. The molecule has 2 aromatic rings. The standard InChI is InChI=1S/C18H19NO3/c1-13(18(20)22-3)17(14-9-5-4-6-10-14)19-15-11-7-8-12-16(15)21-2/h4-12,17,19H,1H2,2-3H3/t17-/m0/s1. The van der Waals surface area contributed by atoms with Crippen molar-refractivity contribution in [1.29, 1.82) is 0 Å². The Kier molecular flexibility index (Phi) is 5.20. The molecule has 1 atom stereocenters. The van der Waals surface area contributed by atoms with Crippen molar-refractivity contribution < 1.29 is 14.3 Å². The van der Waals surface area contributed by atoms with Gasteiger partial charge in [0.05, 0.1) is 31.5 Å². The summed E-state index contributed by atoms with van der Waals surface area (Å²) in [5, 5.41) is 3.30. The van der Waals surface area contributed by atoms with Gasteiger partial charge in [0.1, 0.15) is 5.75 Å². The van der Waals surface area contributed by atoms with E-state index in [1.165, 1.54) is 7.11 Å². The van der Waals surface area contributed by atoms with Crippen LogP contribution in [0.4, 0.5) is 5.69 Å². The molecule has 0 aliphatic heterocycles. The minimum absolute atomic E-state index is 0.333. The fourth-order valence-electron chi connectivity index (χ4n) is 2.19. The minimum atomic E-state index is -0.448. The van der Waals surface area contributed by atoms with E-state index in [1.807, 2.05) is 54.6 Å². The van der Waals surface area contributed by atoms with Crippen LogP contribution in [0, 0.1) is 0 Å². The summed E-state index contributed by atoms with van der Waals surface area (Å²) in [7, 11) is 2.95. The van der Waals surface area contributed by atoms with Gasteiger partial charge in [-0.1, -0.05) is 49.0 Å². The second-order valence-corrected chi connectivity index (χ2v) is 4.71. The Balaban J connectivity index is 2.37. The quantitative estimate of drug-likeness (QED) is 0.654. The van der Waals surface area contributed by atoms with Crippen LogP contribution in [0.3, 0.4) is 0 Å². The summed E-state index contributed by atoms with van der Waals surface area (Å²) in [6.45, 7) is 3.88. The van der Waals surface area contributed by atoms with E-state index >= 15 is 0 Å². The van der Waals surface area contributed by atoms with Gasteiger partial charge in [0, 0.05) is 0 Å². The van der Waals surface area contributed by atoms with E-state index in [2.05, 4.69) is 11.9 Å². The molecular formula is C18H19NO3. The van der Waals surface area contributed by atoms with Crippen molar-refractivity contribution in [2.24, 2.45) is 0 Å². The van der Waals surface area contributed by atoms with Crippen molar-refractivity contribution in [3.8, 4) is 5.75 Å². The molecule has 0 aliphatic rings. The molecule has 4 heteroatoms. The molecule has 0 saturated carbocycles. The molecule has 0 bridgehead atoms. The second-order valence-electron chi connectivity index (χ2n) is 4.71. The zero-order valence-electron chi connectivity index (χ0n) is 12.7. The summed E-state index contributed by atoms with van der Waals surface area (Å²) >= 11 is 0. The molecule has 0 aromatic heterocycles. The Morgan fingerprint density at radius 3 is 2.32 bits per heavy atom. The molecule has 114 valence electrons. The lowest BCUT2D eigenvalue weighted by Crippen LogP contribution is -2.19. The van der Waals surface area contributed by atoms with Gasteiger partial charge in [-0.05, 0) is 17.7 Å². The Hall–Kier alpha value is -2.75. The minimum Gasteiger partial charge on any atom is -0.495 e. The maximum Gasteiger partial charge on any atom is 0.335 e. The van der Waals surface area contributed by atoms with E-state index in [-0.39, 0.29) is 0 Å². The molecule has 1 N–H and O–H groups in total. The van der Waals surface area contributed by atoms with Crippen molar-refractivity contribution in [2.45, 2.75) is 6.04 Å². The summed E-state index contributed by atoms with van der Waals surface area (Å²) < 4.78 is 10.1. The lowest BCUT2D eigenvalue weighted by atomic mass is 9.99. The van der Waals surface area contributed by atoms with Crippen molar-refractivity contribution in [2.75, 3.05) is 19.5 Å². The van der Waals surface area contributed by atoms with Gasteiger partial charge in [-0.3, -0.25) is 0 Å². The summed E-state index contributed by atoms with van der Waals surface area (Å²) in [5.74, 6) is 0.248. The Morgan fingerprint density at radius 2 is 1.68 bits per heavy atom. The second kappa shape index (κ2) is 7.31. The Bertz CT molecular complexity index is 652. The number of hydrogen-bond donors (Lipinski definition) is 1. The summed E-state index contributed by atoms with van der Waals surface area (Å²) in [6, 6.07) is 16.7. The topological polar surface area (TPSA) is 47.6 Å². The zero-order valence-corrected chi connectivity index (χ0v) is 12.7. The van der Waals surface area contributed by atoms with Crippen LogP contribution in [0.5, 0.6) is 5.75 Å². The molecule has 22 heavy (non-hydrogen) atoms. The van der Waals surface area contributed by atoms with E-state index in [0.717, 1.165) is 11.3 Å². The van der Waals surface area contributed by atoms with Gasteiger partial charge in [-0.15, -0.1) is 0 Å². The van der Waals surface area contributed by atoms with Crippen molar-refractivity contribution in [3.05, 3.63) is 72.3 Å². The van der Waals surface area contributed by atoms with E-state index in [4.69, 9.17) is 9.47 Å². The van der Waals surface area contributed by atoms with Gasteiger partial charge in [-0.25, -0.2) is 4.79 Å². The van der Waals surface area contributed by atoms with Crippen LogP contribution in [-0.2, 0) is 9.53 Å². The number of benzene rings is 2. The molecule has 0 unspecified atom stereocenters. The first-order valence-corrected chi connectivity index (χ1v) is 6.89. The number of ether oxygens (including phenoxy) is 2. The predicted molar refractivity (Wildman–Crippen MR) is 87.0 cm³/mol. The van der Waals surface area contributed by atoms with Gasteiger partial charge in [0.15, 0.2) is 0 Å². The van der Waals surface area contributed by atoms with Gasteiger partial charge < -0.3 is 14.8 Å².